The summed E-state index contributed by atoms with van der Waals surface area (Å²) in [6.07, 6.45) is 1.22. The van der Waals surface area contributed by atoms with E-state index in [1.165, 1.54) is 5.56 Å². The lowest BCUT2D eigenvalue weighted by Crippen LogP contribution is -2.73. The second-order valence-electron chi connectivity index (χ2n) is 6.79. The Morgan fingerprint density at radius 2 is 2.05 bits per heavy atom. The largest absolute Gasteiger partial charge is 0.378 e. The van der Waals surface area contributed by atoms with Crippen LogP contribution in [0.25, 0.3) is 0 Å². The number of likely N-dealkylation sites (N-methyl/N-ethyl adjacent to an activating group) is 1. The number of hydrogen-bond acceptors (Lipinski definition) is 3. The zero-order valence-electron chi connectivity index (χ0n) is 13.5. The predicted molar refractivity (Wildman–Crippen MR) is 91.2 cm³/mol. The van der Waals surface area contributed by atoms with Gasteiger partial charge in [0, 0.05) is 35.1 Å². The second kappa shape index (κ2) is 6.37. The average Bonchev–Trinajstić information content (AvgIpc) is 2.41. The van der Waals surface area contributed by atoms with Gasteiger partial charge in [0.15, 0.2) is 0 Å². The van der Waals surface area contributed by atoms with Gasteiger partial charge in [0.1, 0.15) is 0 Å². The third kappa shape index (κ3) is 3.34. The molecule has 0 spiro atoms. The highest BCUT2D eigenvalue weighted by Gasteiger charge is 2.58. The van der Waals surface area contributed by atoms with Crippen molar-refractivity contribution in [2.75, 3.05) is 20.2 Å². The van der Waals surface area contributed by atoms with Crippen LogP contribution in [0.5, 0.6) is 0 Å². The topological polar surface area (TPSA) is 38.5 Å². The molecule has 2 unspecified atom stereocenters. The van der Waals surface area contributed by atoms with Crippen molar-refractivity contribution in [2.45, 2.75) is 45.4 Å². The van der Waals surface area contributed by atoms with Crippen molar-refractivity contribution in [3.05, 3.63) is 34.3 Å². The van der Waals surface area contributed by atoms with E-state index in [0.717, 1.165) is 30.6 Å². The first kappa shape index (κ1) is 16.9. The summed E-state index contributed by atoms with van der Waals surface area (Å²) in [5.74, 6) is 0. The lowest BCUT2D eigenvalue weighted by molar-refractivity contribution is -0.155. The maximum absolute atomic E-state index is 6.66. The normalized spacial score (nSPS) is 27.7. The molecule has 0 bridgehead atoms. The summed E-state index contributed by atoms with van der Waals surface area (Å²) in [6.45, 7) is 9.04. The van der Waals surface area contributed by atoms with Gasteiger partial charge in [-0.05, 0) is 32.0 Å². The van der Waals surface area contributed by atoms with Crippen LogP contribution in [0.1, 0.15) is 32.8 Å². The maximum Gasteiger partial charge on any atom is 0.0662 e. The van der Waals surface area contributed by atoms with Crippen LogP contribution >= 0.6 is 15.9 Å². The molecule has 0 radical (unpaired) electrons. The first-order chi connectivity index (χ1) is 9.80. The minimum atomic E-state index is -0.178. The molecule has 4 heteroatoms. The van der Waals surface area contributed by atoms with Crippen LogP contribution in [0, 0.1) is 5.41 Å². The third-order valence-corrected chi connectivity index (χ3v) is 5.73. The van der Waals surface area contributed by atoms with E-state index < -0.39 is 0 Å². The fourth-order valence-corrected chi connectivity index (χ4v) is 3.64. The number of hydrogen-bond donors (Lipinski definition) is 1. The molecule has 1 aromatic carbocycles. The van der Waals surface area contributed by atoms with Gasteiger partial charge in [-0.3, -0.25) is 0 Å². The van der Waals surface area contributed by atoms with Crippen LogP contribution in [0.4, 0.5) is 0 Å². The van der Waals surface area contributed by atoms with Crippen molar-refractivity contribution in [2.24, 2.45) is 11.1 Å². The van der Waals surface area contributed by atoms with Crippen molar-refractivity contribution in [3.8, 4) is 0 Å². The van der Waals surface area contributed by atoms with Gasteiger partial charge in [-0.1, -0.05) is 48.0 Å². The standard InChI is InChI=1S/C17H27BrN2O/c1-5-21-15-10-17(19,16(15,2)3)12-20(4)11-13-8-6-7-9-14(13)18/h6-9,15H,5,10-12,19H2,1-4H3. The SMILES string of the molecule is CCOC1CC(N)(CN(C)Cc2ccccc2Br)C1(C)C. The van der Waals surface area contributed by atoms with Crippen molar-refractivity contribution < 1.29 is 4.74 Å². The molecule has 21 heavy (non-hydrogen) atoms. The van der Waals surface area contributed by atoms with Gasteiger partial charge in [0.25, 0.3) is 0 Å². The Balaban J connectivity index is 1.97. The molecule has 118 valence electrons. The highest BCUT2D eigenvalue weighted by molar-refractivity contribution is 9.10. The second-order valence-corrected chi connectivity index (χ2v) is 7.64. The van der Waals surface area contributed by atoms with Crippen LogP contribution in [0.3, 0.4) is 0 Å². The zero-order chi connectivity index (χ0) is 15.7. The van der Waals surface area contributed by atoms with E-state index in [-0.39, 0.29) is 17.1 Å². The van der Waals surface area contributed by atoms with Crippen LogP contribution in [-0.4, -0.2) is 36.7 Å². The summed E-state index contributed by atoms with van der Waals surface area (Å²) in [5, 5.41) is 0. The molecule has 1 aliphatic carbocycles. The van der Waals surface area contributed by atoms with E-state index in [4.69, 9.17) is 10.5 Å². The van der Waals surface area contributed by atoms with Crippen molar-refractivity contribution in [1.29, 1.82) is 0 Å². The predicted octanol–water partition coefficient (Wildman–Crippen LogP) is 3.41. The average molecular weight is 355 g/mol. The summed E-state index contributed by atoms with van der Waals surface area (Å²) in [4.78, 5) is 2.31. The first-order valence-corrected chi connectivity index (χ1v) is 8.42. The minimum absolute atomic E-state index is 0.0190. The van der Waals surface area contributed by atoms with Crippen molar-refractivity contribution >= 4 is 15.9 Å². The number of nitrogens with two attached hydrogens (primary N) is 1. The van der Waals surface area contributed by atoms with Gasteiger partial charge in [-0.2, -0.15) is 0 Å². The molecule has 1 aromatic rings. The monoisotopic (exact) mass is 354 g/mol. The molecule has 0 heterocycles. The van der Waals surface area contributed by atoms with Gasteiger partial charge < -0.3 is 15.4 Å². The molecule has 1 fully saturated rings. The summed E-state index contributed by atoms with van der Waals surface area (Å²) in [5.41, 5.74) is 7.80. The molecule has 2 N–H and O–H groups in total. The molecular formula is C17H27BrN2O. The summed E-state index contributed by atoms with van der Waals surface area (Å²) in [7, 11) is 2.14. The highest BCUT2D eigenvalue weighted by atomic mass is 79.9. The van der Waals surface area contributed by atoms with Gasteiger partial charge in [0.05, 0.1) is 6.10 Å². The molecular weight excluding hydrogens is 328 g/mol. The Morgan fingerprint density at radius 1 is 1.38 bits per heavy atom. The molecule has 0 aliphatic heterocycles. The Bertz CT molecular complexity index is 491. The highest BCUT2D eigenvalue weighted by Crippen LogP contribution is 2.50. The van der Waals surface area contributed by atoms with Gasteiger partial charge in [-0.25, -0.2) is 0 Å². The summed E-state index contributed by atoms with van der Waals surface area (Å²) in [6, 6.07) is 8.35. The Labute approximate surface area is 137 Å². The van der Waals surface area contributed by atoms with Crippen LogP contribution < -0.4 is 5.73 Å². The maximum atomic E-state index is 6.66. The van der Waals surface area contributed by atoms with Gasteiger partial charge in [-0.15, -0.1) is 0 Å². The Morgan fingerprint density at radius 3 is 2.62 bits per heavy atom. The lowest BCUT2D eigenvalue weighted by atomic mass is 9.54. The van der Waals surface area contributed by atoms with Crippen LogP contribution in [-0.2, 0) is 11.3 Å². The van der Waals surface area contributed by atoms with E-state index in [1.807, 2.05) is 13.0 Å². The molecule has 0 amide bonds. The van der Waals surface area contributed by atoms with E-state index in [9.17, 15) is 0 Å². The van der Waals surface area contributed by atoms with E-state index in [0.29, 0.717) is 0 Å². The zero-order valence-corrected chi connectivity index (χ0v) is 15.1. The lowest BCUT2D eigenvalue weighted by Gasteiger charge is -2.60. The third-order valence-electron chi connectivity index (χ3n) is 4.96. The van der Waals surface area contributed by atoms with E-state index >= 15 is 0 Å². The number of rotatable bonds is 6. The summed E-state index contributed by atoms with van der Waals surface area (Å²) < 4.78 is 6.96. The molecule has 1 aliphatic rings. The molecule has 1 saturated carbocycles. The fourth-order valence-electron chi connectivity index (χ4n) is 3.23. The molecule has 3 nitrogen and oxygen atoms in total. The van der Waals surface area contributed by atoms with E-state index in [1.54, 1.807) is 0 Å². The van der Waals surface area contributed by atoms with Crippen molar-refractivity contribution in [3.63, 3.8) is 0 Å². The van der Waals surface area contributed by atoms with Gasteiger partial charge in [0.2, 0.25) is 0 Å². The van der Waals surface area contributed by atoms with Crippen LogP contribution in [0.15, 0.2) is 28.7 Å². The van der Waals surface area contributed by atoms with E-state index in [2.05, 4.69) is 59.9 Å². The molecule has 0 saturated heterocycles. The Hall–Kier alpha value is -0.420. The summed E-state index contributed by atoms with van der Waals surface area (Å²) >= 11 is 3.61. The Kier molecular flexibility index (Phi) is 5.14. The fraction of sp³-hybridized carbons (Fsp3) is 0.647. The van der Waals surface area contributed by atoms with Gasteiger partial charge >= 0.3 is 0 Å². The minimum Gasteiger partial charge on any atom is -0.378 e. The molecule has 0 aromatic heterocycles. The number of halogens is 1. The number of benzene rings is 1. The first-order valence-electron chi connectivity index (χ1n) is 7.62. The number of nitrogens with zero attached hydrogens (tertiary/aromatic N) is 1. The number of ether oxygens (including phenoxy) is 1. The van der Waals surface area contributed by atoms with Crippen molar-refractivity contribution in [1.82, 2.24) is 4.90 Å². The molecule has 2 atom stereocenters. The molecule has 2 rings (SSSR count). The smallest absolute Gasteiger partial charge is 0.0662 e. The van der Waals surface area contributed by atoms with Crippen LogP contribution in [0.2, 0.25) is 0 Å². The quantitative estimate of drug-likeness (QED) is 0.850.